The third kappa shape index (κ3) is 4.10. The van der Waals surface area contributed by atoms with Gasteiger partial charge in [-0.15, -0.1) is 0 Å². The quantitative estimate of drug-likeness (QED) is 0.710. The molecular weight excluding hydrogens is 386 g/mol. The van der Waals surface area contributed by atoms with Crippen LogP contribution >= 0.6 is 0 Å². The molecule has 0 amide bonds. The van der Waals surface area contributed by atoms with Crippen molar-refractivity contribution in [3.8, 4) is 11.5 Å². The Labute approximate surface area is 177 Å². The van der Waals surface area contributed by atoms with Crippen LogP contribution in [0, 0.1) is 0 Å². The van der Waals surface area contributed by atoms with E-state index < -0.39 is 5.60 Å². The van der Waals surface area contributed by atoms with Gasteiger partial charge in [0.2, 0.25) is 5.96 Å². The highest BCUT2D eigenvalue weighted by Gasteiger charge is 2.33. The lowest BCUT2D eigenvalue weighted by Crippen LogP contribution is -2.52. The van der Waals surface area contributed by atoms with E-state index >= 15 is 0 Å². The largest absolute Gasteiger partial charge is 0.491 e. The zero-order valence-electron chi connectivity index (χ0n) is 18.1. The van der Waals surface area contributed by atoms with Gasteiger partial charge < -0.3 is 25.1 Å². The summed E-state index contributed by atoms with van der Waals surface area (Å²) in [6.45, 7) is 9.49. The zero-order chi connectivity index (χ0) is 21.5. The number of morpholine rings is 1. The van der Waals surface area contributed by atoms with Gasteiger partial charge in [0.25, 0.3) is 0 Å². The minimum Gasteiger partial charge on any atom is -0.491 e. The number of guanidine groups is 1. The third-order valence-electron chi connectivity index (χ3n) is 5.48. The molecular formula is C21H31N5O4. The van der Waals surface area contributed by atoms with Crippen LogP contribution in [0.4, 0.5) is 5.69 Å². The molecule has 0 bridgehead atoms. The lowest BCUT2D eigenvalue weighted by molar-refractivity contribution is -0.0952. The maximum Gasteiger partial charge on any atom is 0.202 e. The summed E-state index contributed by atoms with van der Waals surface area (Å²) < 4.78 is 17.4. The smallest absolute Gasteiger partial charge is 0.202 e. The molecule has 3 heterocycles. The average Bonchev–Trinajstić information content (AvgIpc) is 3.15. The number of amidine groups is 1. The molecule has 3 N–H and O–H groups in total. The summed E-state index contributed by atoms with van der Waals surface area (Å²) in [6, 6.07) is 3.75. The molecule has 3 aliphatic rings. The molecule has 4 rings (SSSR count). The van der Waals surface area contributed by atoms with Crippen molar-refractivity contribution in [1.82, 2.24) is 9.80 Å². The van der Waals surface area contributed by atoms with Gasteiger partial charge in [-0.2, -0.15) is 0 Å². The summed E-state index contributed by atoms with van der Waals surface area (Å²) in [4.78, 5) is 13.2. The Morgan fingerprint density at radius 3 is 2.73 bits per heavy atom. The highest BCUT2D eigenvalue weighted by atomic mass is 16.5. The highest BCUT2D eigenvalue weighted by molar-refractivity contribution is 6.16. The molecule has 1 saturated heterocycles. The Balaban J connectivity index is 1.50. The van der Waals surface area contributed by atoms with Crippen molar-refractivity contribution < 1.29 is 19.3 Å². The van der Waals surface area contributed by atoms with Crippen molar-refractivity contribution in [2.75, 3.05) is 46.4 Å². The maximum atomic E-state index is 10.9. The maximum absolute atomic E-state index is 10.9. The lowest BCUT2D eigenvalue weighted by Gasteiger charge is -2.39. The normalized spacial score (nSPS) is 25.7. The number of fused-ring (bicyclic) bond motifs is 3. The SMILES string of the molecule is COc1c(OCC(C)(O)CN2CC(C)O[C@H](C)C2)ccc2c1N=C(N)N1CCN=C21. The van der Waals surface area contributed by atoms with Crippen LogP contribution in [-0.4, -0.2) is 91.0 Å². The van der Waals surface area contributed by atoms with E-state index in [1.54, 1.807) is 14.0 Å². The molecule has 1 aromatic rings. The number of hydrogen-bond acceptors (Lipinski definition) is 9. The molecule has 3 atom stereocenters. The predicted octanol–water partition coefficient (Wildman–Crippen LogP) is 0.956. The number of aliphatic imine (C=N–C) groups is 2. The standard InChI is InChI=1S/C21H31N5O4/c1-13-9-25(10-14(2)30-13)11-21(3,27)12-29-16-6-5-15-17(18(16)28-4)24-20(22)26-8-7-23-19(15)26/h5-6,13-14,27H,7-12H2,1-4H3,(H2,22,24)/t13-,14?,21?/m1/s1. The summed E-state index contributed by atoms with van der Waals surface area (Å²) in [5.41, 5.74) is 6.57. The topological polar surface area (TPSA) is 105 Å². The number of methoxy groups -OCH3 is 1. The molecule has 9 nitrogen and oxygen atoms in total. The summed E-state index contributed by atoms with van der Waals surface area (Å²) >= 11 is 0. The number of benzene rings is 1. The van der Waals surface area contributed by atoms with Gasteiger partial charge in [-0.25, -0.2) is 4.99 Å². The van der Waals surface area contributed by atoms with Crippen LogP contribution in [0.15, 0.2) is 22.1 Å². The number of aliphatic hydroxyl groups is 1. The first-order chi connectivity index (χ1) is 14.3. The van der Waals surface area contributed by atoms with Crippen LogP contribution in [0.5, 0.6) is 11.5 Å². The zero-order valence-corrected chi connectivity index (χ0v) is 18.1. The van der Waals surface area contributed by atoms with Gasteiger partial charge in [0.05, 0.1) is 25.9 Å². The Morgan fingerprint density at radius 2 is 2.03 bits per heavy atom. The molecule has 3 aliphatic heterocycles. The summed E-state index contributed by atoms with van der Waals surface area (Å²) in [5, 5.41) is 10.9. The van der Waals surface area contributed by atoms with Gasteiger partial charge in [0.15, 0.2) is 11.5 Å². The molecule has 0 aromatic heterocycles. The number of β-amino-alcohol motifs (C(OH)–C–C–N with tert-alkyl or cyclic N) is 1. The highest BCUT2D eigenvalue weighted by Crippen LogP contribution is 2.43. The number of nitrogens with two attached hydrogens (primary N) is 1. The molecule has 0 spiro atoms. The van der Waals surface area contributed by atoms with E-state index in [0.29, 0.717) is 36.2 Å². The van der Waals surface area contributed by atoms with E-state index in [-0.39, 0.29) is 18.8 Å². The molecule has 30 heavy (non-hydrogen) atoms. The molecule has 2 unspecified atom stereocenters. The van der Waals surface area contributed by atoms with Crippen LogP contribution in [-0.2, 0) is 4.74 Å². The van der Waals surface area contributed by atoms with Crippen molar-refractivity contribution in [2.45, 2.75) is 38.6 Å². The van der Waals surface area contributed by atoms with Crippen LogP contribution in [0.2, 0.25) is 0 Å². The van der Waals surface area contributed by atoms with E-state index in [4.69, 9.17) is 19.9 Å². The van der Waals surface area contributed by atoms with Gasteiger partial charge in [-0.05, 0) is 32.9 Å². The van der Waals surface area contributed by atoms with Crippen molar-refractivity contribution in [1.29, 1.82) is 0 Å². The predicted molar refractivity (Wildman–Crippen MR) is 115 cm³/mol. The second-order valence-electron chi connectivity index (χ2n) is 8.56. The van der Waals surface area contributed by atoms with E-state index in [1.807, 2.05) is 30.9 Å². The molecule has 0 radical (unpaired) electrons. The van der Waals surface area contributed by atoms with Gasteiger partial charge in [0, 0.05) is 31.7 Å². The Morgan fingerprint density at radius 1 is 1.30 bits per heavy atom. The van der Waals surface area contributed by atoms with E-state index in [0.717, 1.165) is 31.0 Å². The van der Waals surface area contributed by atoms with Gasteiger partial charge in [0.1, 0.15) is 23.7 Å². The number of nitrogens with zero attached hydrogens (tertiary/aromatic N) is 4. The van der Waals surface area contributed by atoms with Crippen LogP contribution in [0.25, 0.3) is 0 Å². The fourth-order valence-electron chi connectivity index (χ4n) is 4.40. The monoisotopic (exact) mass is 417 g/mol. The molecule has 164 valence electrons. The molecule has 1 fully saturated rings. The fraction of sp³-hybridized carbons (Fsp3) is 0.619. The molecule has 0 saturated carbocycles. The van der Waals surface area contributed by atoms with E-state index in [9.17, 15) is 5.11 Å². The van der Waals surface area contributed by atoms with Crippen LogP contribution in [0.1, 0.15) is 26.3 Å². The minimum atomic E-state index is -1.04. The van der Waals surface area contributed by atoms with Gasteiger partial charge in [-0.1, -0.05) is 0 Å². The number of ether oxygens (including phenoxy) is 3. The van der Waals surface area contributed by atoms with Gasteiger partial charge >= 0.3 is 0 Å². The Hall–Kier alpha value is -2.36. The lowest BCUT2D eigenvalue weighted by atomic mass is 10.1. The first-order valence-corrected chi connectivity index (χ1v) is 10.4. The van der Waals surface area contributed by atoms with Crippen molar-refractivity contribution in [2.24, 2.45) is 15.7 Å². The summed E-state index contributed by atoms with van der Waals surface area (Å²) in [5.74, 6) is 2.22. The van der Waals surface area contributed by atoms with Gasteiger partial charge in [-0.3, -0.25) is 14.8 Å². The number of rotatable bonds is 6. The summed E-state index contributed by atoms with van der Waals surface area (Å²) in [6.07, 6.45) is 0.292. The second kappa shape index (κ2) is 8.05. The molecule has 1 aromatic carbocycles. The molecule has 9 heteroatoms. The second-order valence-corrected chi connectivity index (χ2v) is 8.56. The van der Waals surface area contributed by atoms with Crippen molar-refractivity contribution in [3.63, 3.8) is 0 Å². The fourth-order valence-corrected chi connectivity index (χ4v) is 4.40. The van der Waals surface area contributed by atoms with E-state index in [2.05, 4.69) is 14.9 Å². The summed E-state index contributed by atoms with van der Waals surface area (Å²) in [7, 11) is 1.58. The average molecular weight is 418 g/mol. The first-order valence-electron chi connectivity index (χ1n) is 10.4. The van der Waals surface area contributed by atoms with E-state index in [1.165, 1.54) is 0 Å². The Bertz CT molecular complexity index is 859. The molecule has 0 aliphatic carbocycles. The van der Waals surface area contributed by atoms with Crippen LogP contribution < -0.4 is 15.2 Å². The van der Waals surface area contributed by atoms with Crippen molar-refractivity contribution >= 4 is 17.5 Å². The minimum absolute atomic E-state index is 0.120. The van der Waals surface area contributed by atoms with Crippen LogP contribution in [0.3, 0.4) is 0 Å². The first kappa shape index (κ1) is 20.9. The van der Waals surface area contributed by atoms with Crippen molar-refractivity contribution in [3.05, 3.63) is 17.7 Å². The third-order valence-corrected chi connectivity index (χ3v) is 5.48. The number of hydrogen-bond donors (Lipinski definition) is 2. The Kier molecular flexibility index (Phi) is 5.61.